The van der Waals surface area contributed by atoms with E-state index in [1.165, 1.54) is 0 Å². The van der Waals surface area contributed by atoms with Crippen molar-refractivity contribution in [3.05, 3.63) is 0 Å². The van der Waals surface area contributed by atoms with Crippen molar-refractivity contribution in [2.24, 2.45) is 5.92 Å². The number of aliphatic hydroxyl groups is 1. The number of rotatable bonds is 5. The molecule has 124 valence electrons. The molecular formula is C16H32N2O3. The van der Waals surface area contributed by atoms with Crippen molar-refractivity contribution >= 4 is 6.09 Å². The van der Waals surface area contributed by atoms with Crippen LogP contribution in [0.2, 0.25) is 0 Å². The zero-order valence-electron chi connectivity index (χ0n) is 14.2. The molecule has 0 aromatic carbocycles. The SMILES string of the molecule is CCC(C)(C)OC(=O)N1C[C@@H](O)CN[C@@H](CCC(C)C)C1. The first-order chi connectivity index (χ1) is 9.73. The van der Waals surface area contributed by atoms with E-state index < -0.39 is 11.7 Å². The first kappa shape index (κ1) is 18.2. The zero-order chi connectivity index (χ0) is 16.0. The second-order valence-electron chi connectivity index (χ2n) is 7.12. The van der Waals surface area contributed by atoms with Gasteiger partial charge < -0.3 is 20.1 Å². The fraction of sp³-hybridized carbons (Fsp3) is 0.938. The molecule has 0 aromatic heterocycles. The summed E-state index contributed by atoms with van der Waals surface area (Å²) in [5.74, 6) is 0.638. The normalized spacial score (nSPS) is 24.0. The summed E-state index contributed by atoms with van der Waals surface area (Å²) in [6, 6.07) is 0.224. The van der Waals surface area contributed by atoms with Gasteiger partial charge >= 0.3 is 6.09 Å². The van der Waals surface area contributed by atoms with E-state index in [-0.39, 0.29) is 12.1 Å². The van der Waals surface area contributed by atoms with Crippen LogP contribution in [0, 0.1) is 5.92 Å². The smallest absolute Gasteiger partial charge is 0.410 e. The van der Waals surface area contributed by atoms with Crippen LogP contribution in [0.15, 0.2) is 0 Å². The summed E-state index contributed by atoms with van der Waals surface area (Å²) < 4.78 is 5.55. The molecule has 5 nitrogen and oxygen atoms in total. The Morgan fingerprint density at radius 1 is 1.43 bits per heavy atom. The average Bonchev–Trinajstić information content (AvgIpc) is 2.58. The number of nitrogens with one attached hydrogen (secondary N) is 1. The first-order valence-electron chi connectivity index (χ1n) is 8.13. The van der Waals surface area contributed by atoms with E-state index in [0.29, 0.717) is 25.6 Å². The second-order valence-corrected chi connectivity index (χ2v) is 7.12. The van der Waals surface area contributed by atoms with Gasteiger partial charge in [0.05, 0.1) is 12.6 Å². The molecule has 1 heterocycles. The summed E-state index contributed by atoms with van der Waals surface area (Å²) in [4.78, 5) is 14.0. The van der Waals surface area contributed by atoms with Crippen molar-refractivity contribution in [2.45, 2.75) is 71.6 Å². The minimum absolute atomic E-state index is 0.224. The quantitative estimate of drug-likeness (QED) is 0.818. The number of nitrogens with zero attached hydrogens (tertiary/aromatic N) is 1. The Labute approximate surface area is 129 Å². The number of amides is 1. The molecule has 1 saturated heterocycles. The molecule has 1 amide bonds. The average molecular weight is 300 g/mol. The molecule has 0 aliphatic carbocycles. The Morgan fingerprint density at radius 2 is 2.10 bits per heavy atom. The standard InChI is InChI=1S/C16H32N2O3/c1-6-16(4,5)21-15(20)18-10-13(8-7-12(2)3)17-9-14(19)11-18/h12-14,17,19H,6-11H2,1-5H3/t13-,14-/m0/s1. The predicted molar refractivity (Wildman–Crippen MR) is 84.3 cm³/mol. The third kappa shape index (κ3) is 6.66. The Kier molecular flexibility index (Phi) is 6.94. The molecule has 5 heteroatoms. The monoisotopic (exact) mass is 300 g/mol. The van der Waals surface area contributed by atoms with Gasteiger partial charge in [-0.1, -0.05) is 20.8 Å². The highest BCUT2D eigenvalue weighted by atomic mass is 16.6. The molecular weight excluding hydrogens is 268 g/mol. The lowest BCUT2D eigenvalue weighted by Crippen LogP contribution is -2.44. The minimum Gasteiger partial charge on any atom is -0.443 e. The Hall–Kier alpha value is -0.810. The van der Waals surface area contributed by atoms with E-state index in [2.05, 4.69) is 19.2 Å². The second kappa shape index (κ2) is 7.99. The third-order valence-electron chi connectivity index (χ3n) is 4.08. The van der Waals surface area contributed by atoms with Crippen LogP contribution in [-0.2, 0) is 4.74 Å². The molecule has 21 heavy (non-hydrogen) atoms. The van der Waals surface area contributed by atoms with Gasteiger partial charge in [0.15, 0.2) is 0 Å². The van der Waals surface area contributed by atoms with E-state index in [1.807, 2.05) is 20.8 Å². The van der Waals surface area contributed by atoms with Crippen molar-refractivity contribution in [3.63, 3.8) is 0 Å². The van der Waals surface area contributed by atoms with E-state index in [0.717, 1.165) is 19.3 Å². The van der Waals surface area contributed by atoms with Crippen molar-refractivity contribution < 1.29 is 14.6 Å². The Bertz CT molecular complexity index is 331. The van der Waals surface area contributed by atoms with Gasteiger partial charge in [0.2, 0.25) is 0 Å². The number of carbonyl (C=O) groups is 1. The molecule has 2 atom stereocenters. The maximum atomic E-state index is 12.3. The van der Waals surface area contributed by atoms with Crippen molar-refractivity contribution in [2.75, 3.05) is 19.6 Å². The number of β-amino-alcohol motifs (C(OH)–C–C–N with tert-alkyl or cyclic N) is 1. The van der Waals surface area contributed by atoms with Crippen LogP contribution in [0.4, 0.5) is 4.79 Å². The van der Waals surface area contributed by atoms with Gasteiger partial charge in [0.1, 0.15) is 5.60 Å². The molecule has 1 rings (SSSR count). The highest BCUT2D eigenvalue weighted by Crippen LogP contribution is 2.17. The van der Waals surface area contributed by atoms with Crippen LogP contribution in [0.25, 0.3) is 0 Å². The molecule has 0 radical (unpaired) electrons. The molecule has 1 fully saturated rings. The number of aliphatic hydroxyl groups excluding tert-OH is 1. The van der Waals surface area contributed by atoms with Gasteiger partial charge in [-0.3, -0.25) is 0 Å². The van der Waals surface area contributed by atoms with E-state index in [9.17, 15) is 9.90 Å². The summed E-state index contributed by atoms with van der Waals surface area (Å²) in [5, 5.41) is 13.3. The lowest BCUT2D eigenvalue weighted by atomic mass is 10.0. The van der Waals surface area contributed by atoms with Gasteiger partial charge in [0.25, 0.3) is 0 Å². The molecule has 1 aliphatic rings. The number of ether oxygens (including phenoxy) is 1. The summed E-state index contributed by atoms with van der Waals surface area (Å²) in [6.07, 6.45) is 2.03. The fourth-order valence-corrected chi connectivity index (χ4v) is 2.28. The summed E-state index contributed by atoms with van der Waals surface area (Å²) in [5.41, 5.74) is -0.463. The highest BCUT2D eigenvalue weighted by Gasteiger charge is 2.30. The number of hydrogen-bond acceptors (Lipinski definition) is 4. The molecule has 1 aliphatic heterocycles. The lowest BCUT2D eigenvalue weighted by molar-refractivity contribution is 0.00512. The van der Waals surface area contributed by atoms with Crippen LogP contribution >= 0.6 is 0 Å². The number of hydrogen-bond donors (Lipinski definition) is 2. The summed E-state index contributed by atoms with van der Waals surface area (Å²) in [7, 11) is 0. The fourth-order valence-electron chi connectivity index (χ4n) is 2.28. The van der Waals surface area contributed by atoms with Crippen LogP contribution < -0.4 is 5.32 Å². The summed E-state index contributed by atoms with van der Waals surface area (Å²) >= 11 is 0. The molecule has 0 spiro atoms. The topological polar surface area (TPSA) is 61.8 Å². The minimum atomic E-state index is -0.536. The Balaban J connectivity index is 2.63. The van der Waals surface area contributed by atoms with E-state index in [1.54, 1.807) is 4.90 Å². The molecule has 0 saturated carbocycles. The maximum Gasteiger partial charge on any atom is 0.410 e. The van der Waals surface area contributed by atoms with Crippen LogP contribution in [0.1, 0.15) is 53.9 Å². The van der Waals surface area contributed by atoms with E-state index >= 15 is 0 Å². The third-order valence-corrected chi connectivity index (χ3v) is 4.08. The number of carbonyl (C=O) groups excluding carboxylic acids is 1. The Morgan fingerprint density at radius 3 is 2.67 bits per heavy atom. The molecule has 2 N–H and O–H groups in total. The van der Waals surface area contributed by atoms with Gasteiger partial charge in [-0.2, -0.15) is 0 Å². The van der Waals surface area contributed by atoms with Crippen molar-refractivity contribution in [1.82, 2.24) is 10.2 Å². The van der Waals surface area contributed by atoms with Gasteiger partial charge in [0, 0.05) is 19.1 Å². The van der Waals surface area contributed by atoms with Crippen molar-refractivity contribution in [3.8, 4) is 0 Å². The van der Waals surface area contributed by atoms with Gasteiger partial charge in [-0.15, -0.1) is 0 Å². The molecule has 0 aromatic rings. The van der Waals surface area contributed by atoms with Crippen molar-refractivity contribution in [1.29, 1.82) is 0 Å². The van der Waals surface area contributed by atoms with E-state index in [4.69, 9.17) is 4.74 Å². The van der Waals surface area contributed by atoms with Crippen LogP contribution in [-0.4, -0.2) is 53.5 Å². The van der Waals surface area contributed by atoms with Gasteiger partial charge in [-0.05, 0) is 39.0 Å². The predicted octanol–water partition coefficient (Wildman–Crippen LogP) is 2.38. The zero-order valence-corrected chi connectivity index (χ0v) is 14.2. The largest absolute Gasteiger partial charge is 0.443 e. The van der Waals surface area contributed by atoms with Crippen LogP contribution in [0.3, 0.4) is 0 Å². The van der Waals surface area contributed by atoms with Gasteiger partial charge in [-0.25, -0.2) is 4.79 Å². The lowest BCUT2D eigenvalue weighted by Gasteiger charge is -2.30. The first-order valence-corrected chi connectivity index (χ1v) is 8.13. The highest BCUT2D eigenvalue weighted by molar-refractivity contribution is 5.68. The molecule has 0 unspecified atom stereocenters. The summed E-state index contributed by atoms with van der Waals surface area (Å²) in [6.45, 7) is 11.7. The molecule has 0 bridgehead atoms. The maximum absolute atomic E-state index is 12.3. The van der Waals surface area contributed by atoms with Crippen LogP contribution in [0.5, 0.6) is 0 Å².